The van der Waals surface area contributed by atoms with Gasteiger partial charge in [-0.2, -0.15) is 0 Å². The van der Waals surface area contributed by atoms with Gasteiger partial charge in [0.2, 0.25) is 5.91 Å². The molecule has 0 atom stereocenters. The molecule has 0 spiro atoms. The summed E-state index contributed by atoms with van der Waals surface area (Å²) in [6, 6.07) is 10.7. The van der Waals surface area contributed by atoms with Crippen LogP contribution in [0, 0.1) is 6.92 Å². The number of thioether (sulfide) groups is 1. The average molecular weight is 496 g/mol. The summed E-state index contributed by atoms with van der Waals surface area (Å²) >= 11 is 2.35. The lowest BCUT2D eigenvalue weighted by atomic mass is 10.2. The van der Waals surface area contributed by atoms with Crippen LogP contribution in [0.3, 0.4) is 0 Å². The number of esters is 1. The summed E-state index contributed by atoms with van der Waals surface area (Å²) in [5.41, 5.74) is 1.78. The number of aromatic nitrogens is 4. The summed E-state index contributed by atoms with van der Waals surface area (Å²) in [6.07, 6.45) is 1.72. The summed E-state index contributed by atoms with van der Waals surface area (Å²) in [5.74, 6) is -0.247. The number of rotatable bonds is 8. The van der Waals surface area contributed by atoms with Gasteiger partial charge in [-0.25, -0.2) is 19.5 Å². The van der Waals surface area contributed by atoms with Crippen molar-refractivity contribution in [3.05, 3.63) is 69.6 Å². The fourth-order valence-electron chi connectivity index (χ4n) is 3.09. The number of pyridine rings is 1. The molecule has 174 valence electrons. The molecule has 1 N–H and O–H groups in total. The molecule has 9 nitrogen and oxygen atoms in total. The van der Waals surface area contributed by atoms with Crippen LogP contribution in [0.15, 0.2) is 57.9 Å². The monoisotopic (exact) mass is 495 g/mol. The molecule has 1 aromatic carbocycles. The zero-order chi connectivity index (χ0) is 24.1. The molecular formula is C23H21N5O4S2. The zero-order valence-electron chi connectivity index (χ0n) is 18.5. The summed E-state index contributed by atoms with van der Waals surface area (Å²) in [7, 11) is 0. The highest BCUT2D eigenvalue weighted by atomic mass is 32.2. The van der Waals surface area contributed by atoms with Crippen LogP contribution in [0.4, 0.5) is 5.13 Å². The molecule has 4 aromatic rings. The van der Waals surface area contributed by atoms with Crippen LogP contribution in [0.2, 0.25) is 0 Å². The van der Waals surface area contributed by atoms with E-state index in [1.165, 1.54) is 15.9 Å². The third-order valence-electron chi connectivity index (χ3n) is 4.63. The summed E-state index contributed by atoms with van der Waals surface area (Å²) < 4.78 is 6.33. The van der Waals surface area contributed by atoms with Gasteiger partial charge in [0, 0.05) is 11.6 Å². The first-order chi connectivity index (χ1) is 16.4. The highest BCUT2D eigenvalue weighted by molar-refractivity contribution is 7.99. The molecule has 1 amide bonds. The van der Waals surface area contributed by atoms with E-state index in [4.69, 9.17) is 4.74 Å². The molecule has 0 saturated heterocycles. The number of nitrogens with zero attached hydrogens (tertiary/aromatic N) is 4. The van der Waals surface area contributed by atoms with Crippen molar-refractivity contribution in [3.63, 3.8) is 0 Å². The molecule has 11 heteroatoms. The van der Waals surface area contributed by atoms with Crippen molar-refractivity contribution in [2.24, 2.45) is 0 Å². The number of nitrogens with one attached hydrogen (secondary N) is 1. The predicted octanol–water partition coefficient (Wildman–Crippen LogP) is 3.38. The van der Waals surface area contributed by atoms with E-state index in [-0.39, 0.29) is 29.6 Å². The van der Waals surface area contributed by atoms with Gasteiger partial charge in [-0.05, 0) is 37.6 Å². The maximum atomic E-state index is 13.2. The number of hydrogen-bond donors (Lipinski definition) is 1. The third kappa shape index (κ3) is 5.49. The largest absolute Gasteiger partial charge is 0.466 e. The second kappa shape index (κ2) is 10.6. The minimum atomic E-state index is -0.369. The van der Waals surface area contributed by atoms with Crippen LogP contribution >= 0.6 is 23.1 Å². The minimum absolute atomic E-state index is 0.00340. The fraction of sp³-hybridized carbons (Fsp3) is 0.217. The number of aryl methyl sites for hydroxylation is 1. The Morgan fingerprint density at radius 2 is 2.00 bits per heavy atom. The van der Waals surface area contributed by atoms with E-state index < -0.39 is 0 Å². The number of fused-ring (bicyclic) bond motifs is 1. The average Bonchev–Trinajstić information content (AvgIpc) is 3.25. The van der Waals surface area contributed by atoms with E-state index in [0.29, 0.717) is 39.3 Å². The summed E-state index contributed by atoms with van der Waals surface area (Å²) in [6.45, 7) is 3.95. The van der Waals surface area contributed by atoms with Crippen molar-refractivity contribution in [3.8, 4) is 5.82 Å². The first-order valence-corrected chi connectivity index (χ1v) is 12.3. The Hall–Kier alpha value is -3.57. The number of carbonyl (C=O) groups is 2. The molecule has 0 bridgehead atoms. The van der Waals surface area contributed by atoms with E-state index in [2.05, 4.69) is 20.3 Å². The zero-order valence-corrected chi connectivity index (χ0v) is 20.1. The second-order valence-electron chi connectivity index (χ2n) is 7.21. The number of ether oxygens (including phenoxy) is 1. The lowest BCUT2D eigenvalue weighted by Gasteiger charge is -2.12. The van der Waals surface area contributed by atoms with Crippen molar-refractivity contribution in [2.75, 3.05) is 17.7 Å². The fourth-order valence-corrected chi connectivity index (χ4v) is 4.62. The van der Waals surface area contributed by atoms with Crippen molar-refractivity contribution in [1.82, 2.24) is 19.5 Å². The number of hydrogen-bond acceptors (Lipinski definition) is 9. The van der Waals surface area contributed by atoms with Crippen molar-refractivity contribution in [1.29, 1.82) is 0 Å². The van der Waals surface area contributed by atoms with Gasteiger partial charge in [0.25, 0.3) is 5.56 Å². The van der Waals surface area contributed by atoms with Gasteiger partial charge in [-0.15, -0.1) is 11.3 Å². The minimum Gasteiger partial charge on any atom is -0.466 e. The van der Waals surface area contributed by atoms with Gasteiger partial charge in [-0.3, -0.25) is 14.4 Å². The Morgan fingerprint density at radius 3 is 2.76 bits per heavy atom. The standard InChI is InChI=1S/C23H21N5O4S2/c1-3-32-20(30)10-15-12-33-22(25-15)27-19(29)13-34-23-26-17-7-5-4-6-16(17)21(31)28(23)18-9-8-14(2)11-24-18/h4-9,11-12H,3,10,13H2,1-2H3,(H,25,27,29). The molecule has 0 aliphatic carbocycles. The topological polar surface area (TPSA) is 116 Å². The maximum Gasteiger partial charge on any atom is 0.311 e. The molecule has 34 heavy (non-hydrogen) atoms. The van der Waals surface area contributed by atoms with Crippen LogP contribution in [-0.2, 0) is 20.7 Å². The lowest BCUT2D eigenvalue weighted by molar-refractivity contribution is -0.142. The van der Waals surface area contributed by atoms with Crippen LogP contribution in [0.1, 0.15) is 18.2 Å². The number of thiazole rings is 1. The van der Waals surface area contributed by atoms with Crippen LogP contribution in [0.25, 0.3) is 16.7 Å². The van der Waals surface area contributed by atoms with Crippen LogP contribution < -0.4 is 10.9 Å². The van der Waals surface area contributed by atoms with Crippen molar-refractivity contribution in [2.45, 2.75) is 25.4 Å². The van der Waals surface area contributed by atoms with E-state index >= 15 is 0 Å². The molecule has 3 aromatic heterocycles. The molecule has 0 fully saturated rings. The van der Waals surface area contributed by atoms with Gasteiger partial charge in [0.1, 0.15) is 5.82 Å². The summed E-state index contributed by atoms with van der Waals surface area (Å²) in [4.78, 5) is 50.6. The number of carbonyl (C=O) groups excluding carboxylic acids is 2. The molecule has 4 rings (SSSR count). The third-order valence-corrected chi connectivity index (χ3v) is 6.38. The molecule has 0 aliphatic heterocycles. The molecular weight excluding hydrogens is 474 g/mol. The normalized spacial score (nSPS) is 10.9. The quantitative estimate of drug-likeness (QED) is 0.225. The van der Waals surface area contributed by atoms with Gasteiger partial charge >= 0.3 is 5.97 Å². The number of anilines is 1. The predicted molar refractivity (Wildman–Crippen MR) is 132 cm³/mol. The Bertz CT molecular complexity index is 1400. The lowest BCUT2D eigenvalue weighted by Crippen LogP contribution is -2.23. The Kier molecular flexibility index (Phi) is 7.33. The number of benzene rings is 1. The van der Waals surface area contributed by atoms with E-state index in [9.17, 15) is 14.4 Å². The van der Waals surface area contributed by atoms with Crippen molar-refractivity contribution < 1.29 is 14.3 Å². The number of amides is 1. The van der Waals surface area contributed by atoms with Gasteiger partial charge in [-0.1, -0.05) is 30.0 Å². The van der Waals surface area contributed by atoms with Crippen LogP contribution in [-0.4, -0.2) is 43.8 Å². The van der Waals surface area contributed by atoms with E-state index in [1.54, 1.807) is 48.8 Å². The van der Waals surface area contributed by atoms with Crippen molar-refractivity contribution >= 4 is 51.0 Å². The molecule has 3 heterocycles. The first-order valence-electron chi connectivity index (χ1n) is 10.4. The first kappa shape index (κ1) is 23.6. The smallest absolute Gasteiger partial charge is 0.311 e. The SMILES string of the molecule is CCOC(=O)Cc1csc(NC(=O)CSc2nc3ccccc3c(=O)n2-c2ccc(C)cn2)n1. The molecule has 0 saturated carbocycles. The highest BCUT2D eigenvalue weighted by Crippen LogP contribution is 2.22. The van der Waals surface area contributed by atoms with Gasteiger partial charge in [0.05, 0.1) is 35.4 Å². The maximum absolute atomic E-state index is 13.2. The molecule has 0 radical (unpaired) electrons. The number of para-hydroxylation sites is 1. The molecule has 0 aliphatic rings. The second-order valence-corrected chi connectivity index (χ2v) is 9.01. The Morgan fingerprint density at radius 1 is 1.18 bits per heavy atom. The highest BCUT2D eigenvalue weighted by Gasteiger charge is 2.16. The molecule has 0 unspecified atom stereocenters. The van der Waals surface area contributed by atoms with E-state index in [1.807, 2.05) is 13.0 Å². The Labute approximate surface area is 203 Å². The summed E-state index contributed by atoms with van der Waals surface area (Å²) in [5, 5.41) is 5.63. The van der Waals surface area contributed by atoms with Crippen LogP contribution in [0.5, 0.6) is 0 Å². The van der Waals surface area contributed by atoms with Gasteiger partial charge in [0.15, 0.2) is 10.3 Å². The van der Waals surface area contributed by atoms with E-state index in [0.717, 1.165) is 17.3 Å². The Balaban J connectivity index is 1.53. The van der Waals surface area contributed by atoms with Gasteiger partial charge < -0.3 is 10.1 Å².